The molecular weight excluding hydrogens is 226 g/mol. The molecule has 3 heteroatoms. The van der Waals surface area contributed by atoms with Crippen LogP contribution < -0.4 is 5.32 Å². The van der Waals surface area contributed by atoms with E-state index in [0.717, 1.165) is 6.42 Å². The molecule has 0 bridgehead atoms. The number of ether oxygens (including phenoxy) is 1. The molecule has 1 aromatic carbocycles. The van der Waals surface area contributed by atoms with E-state index in [4.69, 9.17) is 4.74 Å². The van der Waals surface area contributed by atoms with Crippen LogP contribution in [0.4, 0.5) is 0 Å². The van der Waals surface area contributed by atoms with Gasteiger partial charge in [0.05, 0.1) is 6.61 Å². The quantitative estimate of drug-likeness (QED) is 0.595. The largest absolute Gasteiger partial charge is 0.463 e. The van der Waals surface area contributed by atoms with Crippen molar-refractivity contribution in [1.82, 2.24) is 5.32 Å². The fourth-order valence-electron chi connectivity index (χ4n) is 1.74. The second-order valence-corrected chi connectivity index (χ2v) is 3.93. The van der Waals surface area contributed by atoms with Crippen LogP contribution in [-0.2, 0) is 9.53 Å². The highest BCUT2D eigenvalue weighted by Crippen LogP contribution is 2.15. The zero-order valence-electron chi connectivity index (χ0n) is 11.1. The van der Waals surface area contributed by atoms with Crippen LogP contribution in [0.2, 0.25) is 0 Å². The van der Waals surface area contributed by atoms with Crippen molar-refractivity contribution in [2.45, 2.75) is 26.3 Å². The van der Waals surface area contributed by atoms with Crippen LogP contribution in [0, 0.1) is 0 Å². The molecule has 0 aliphatic carbocycles. The van der Waals surface area contributed by atoms with Gasteiger partial charge in [0.25, 0.3) is 0 Å². The average Bonchev–Trinajstić information content (AvgIpc) is 2.40. The monoisotopic (exact) mass is 247 g/mol. The summed E-state index contributed by atoms with van der Waals surface area (Å²) >= 11 is 0. The maximum atomic E-state index is 11.1. The summed E-state index contributed by atoms with van der Waals surface area (Å²) in [6, 6.07) is 10.6. The standard InChI is InChI=1S/C15H21NO2/c1-3-14(13-9-6-5-7-10-13)16-12-8-11-15(17)18-4-2/h5-11,14,16H,3-4,12H2,1-2H3/b11-8+. The van der Waals surface area contributed by atoms with Crippen molar-refractivity contribution in [1.29, 1.82) is 0 Å². The molecule has 0 aliphatic rings. The fourth-order valence-corrected chi connectivity index (χ4v) is 1.74. The Morgan fingerprint density at radius 2 is 2.06 bits per heavy atom. The molecule has 0 saturated carbocycles. The number of hydrogen-bond acceptors (Lipinski definition) is 3. The lowest BCUT2D eigenvalue weighted by Crippen LogP contribution is -2.20. The minimum absolute atomic E-state index is 0.285. The smallest absolute Gasteiger partial charge is 0.330 e. The van der Waals surface area contributed by atoms with Gasteiger partial charge in [0, 0.05) is 18.7 Å². The Hall–Kier alpha value is -1.61. The first kappa shape index (κ1) is 14.5. The Morgan fingerprint density at radius 3 is 2.67 bits per heavy atom. The van der Waals surface area contributed by atoms with Gasteiger partial charge in [-0.15, -0.1) is 0 Å². The Labute approximate surface area is 109 Å². The summed E-state index contributed by atoms with van der Waals surface area (Å²) in [5.41, 5.74) is 1.27. The third-order valence-corrected chi connectivity index (χ3v) is 2.63. The molecule has 0 saturated heterocycles. The molecule has 0 aromatic heterocycles. The van der Waals surface area contributed by atoms with Gasteiger partial charge in [0.1, 0.15) is 0 Å². The molecular formula is C15H21NO2. The molecule has 0 radical (unpaired) electrons. The van der Waals surface area contributed by atoms with Crippen molar-refractivity contribution < 1.29 is 9.53 Å². The summed E-state index contributed by atoms with van der Waals surface area (Å²) in [7, 11) is 0. The molecule has 1 rings (SSSR count). The lowest BCUT2D eigenvalue weighted by atomic mass is 10.0. The van der Waals surface area contributed by atoms with E-state index in [0.29, 0.717) is 19.2 Å². The molecule has 1 unspecified atom stereocenters. The summed E-state index contributed by atoms with van der Waals surface area (Å²) in [6.45, 7) is 5.01. The number of hydrogen-bond donors (Lipinski definition) is 1. The van der Waals surface area contributed by atoms with E-state index in [1.807, 2.05) is 18.2 Å². The molecule has 18 heavy (non-hydrogen) atoms. The maximum absolute atomic E-state index is 11.1. The van der Waals surface area contributed by atoms with E-state index >= 15 is 0 Å². The molecule has 0 heterocycles. The predicted molar refractivity (Wildman–Crippen MR) is 73.2 cm³/mol. The average molecular weight is 247 g/mol. The molecule has 1 N–H and O–H groups in total. The lowest BCUT2D eigenvalue weighted by Gasteiger charge is -2.15. The third-order valence-electron chi connectivity index (χ3n) is 2.63. The lowest BCUT2D eigenvalue weighted by molar-refractivity contribution is -0.137. The molecule has 0 amide bonds. The molecule has 1 aromatic rings. The van der Waals surface area contributed by atoms with Crippen molar-refractivity contribution in [2.24, 2.45) is 0 Å². The van der Waals surface area contributed by atoms with Crippen molar-refractivity contribution in [3.8, 4) is 0 Å². The summed E-state index contributed by atoms with van der Waals surface area (Å²) in [4.78, 5) is 11.1. The highest BCUT2D eigenvalue weighted by molar-refractivity contribution is 5.81. The minimum atomic E-state index is -0.285. The SMILES string of the molecule is CCOC(=O)/C=C/CNC(CC)c1ccccc1. The zero-order chi connectivity index (χ0) is 13.2. The van der Waals surface area contributed by atoms with Crippen molar-refractivity contribution in [3.63, 3.8) is 0 Å². The van der Waals surface area contributed by atoms with Gasteiger partial charge >= 0.3 is 5.97 Å². The van der Waals surface area contributed by atoms with E-state index in [2.05, 4.69) is 24.4 Å². The summed E-state index contributed by atoms with van der Waals surface area (Å²) in [6.07, 6.45) is 4.27. The van der Waals surface area contributed by atoms with Crippen molar-refractivity contribution in [2.75, 3.05) is 13.2 Å². The Balaban J connectivity index is 2.39. The Kier molecular flexibility index (Phi) is 6.81. The van der Waals surface area contributed by atoms with Gasteiger partial charge in [-0.05, 0) is 18.9 Å². The van der Waals surface area contributed by atoms with E-state index < -0.39 is 0 Å². The van der Waals surface area contributed by atoms with Gasteiger partial charge in [-0.2, -0.15) is 0 Å². The molecule has 0 spiro atoms. The Morgan fingerprint density at radius 1 is 1.33 bits per heavy atom. The number of nitrogens with one attached hydrogen (secondary N) is 1. The van der Waals surface area contributed by atoms with Crippen LogP contribution in [0.5, 0.6) is 0 Å². The summed E-state index contributed by atoms with van der Waals surface area (Å²) in [5.74, 6) is -0.285. The summed E-state index contributed by atoms with van der Waals surface area (Å²) in [5, 5.41) is 3.39. The molecule has 1 atom stereocenters. The number of carbonyl (C=O) groups excluding carboxylic acids is 1. The maximum Gasteiger partial charge on any atom is 0.330 e. The van der Waals surface area contributed by atoms with Crippen LogP contribution in [0.1, 0.15) is 31.9 Å². The highest BCUT2D eigenvalue weighted by Gasteiger charge is 2.06. The van der Waals surface area contributed by atoms with Gasteiger partial charge in [0.2, 0.25) is 0 Å². The minimum Gasteiger partial charge on any atom is -0.463 e. The van der Waals surface area contributed by atoms with Crippen molar-refractivity contribution in [3.05, 3.63) is 48.0 Å². The molecule has 3 nitrogen and oxygen atoms in total. The topological polar surface area (TPSA) is 38.3 Å². The number of esters is 1. The van der Waals surface area contributed by atoms with Crippen LogP contribution >= 0.6 is 0 Å². The van der Waals surface area contributed by atoms with Crippen LogP contribution in [0.25, 0.3) is 0 Å². The van der Waals surface area contributed by atoms with Gasteiger partial charge in [-0.1, -0.05) is 43.3 Å². The van der Waals surface area contributed by atoms with Gasteiger partial charge in [0.15, 0.2) is 0 Å². The predicted octanol–water partition coefficient (Wildman–Crippen LogP) is 2.85. The first-order chi connectivity index (χ1) is 8.77. The third kappa shape index (κ3) is 5.15. The zero-order valence-corrected chi connectivity index (χ0v) is 11.1. The number of rotatable bonds is 7. The molecule has 0 fully saturated rings. The van der Waals surface area contributed by atoms with E-state index in [1.165, 1.54) is 11.6 Å². The van der Waals surface area contributed by atoms with Crippen molar-refractivity contribution >= 4 is 5.97 Å². The second-order valence-electron chi connectivity index (χ2n) is 3.93. The van der Waals surface area contributed by atoms with Gasteiger partial charge in [-0.3, -0.25) is 0 Å². The molecule has 98 valence electrons. The molecule has 0 aliphatic heterocycles. The van der Waals surface area contributed by atoms with Crippen LogP contribution in [-0.4, -0.2) is 19.1 Å². The van der Waals surface area contributed by atoms with Crippen LogP contribution in [0.15, 0.2) is 42.5 Å². The van der Waals surface area contributed by atoms with E-state index in [-0.39, 0.29) is 5.97 Å². The van der Waals surface area contributed by atoms with E-state index in [1.54, 1.807) is 13.0 Å². The number of carbonyl (C=O) groups is 1. The number of benzene rings is 1. The van der Waals surface area contributed by atoms with E-state index in [9.17, 15) is 4.79 Å². The Bertz CT molecular complexity index is 373. The first-order valence-corrected chi connectivity index (χ1v) is 6.39. The highest BCUT2D eigenvalue weighted by atomic mass is 16.5. The fraction of sp³-hybridized carbons (Fsp3) is 0.400. The summed E-state index contributed by atoms with van der Waals surface area (Å²) < 4.78 is 4.81. The first-order valence-electron chi connectivity index (χ1n) is 6.39. The normalized spacial score (nSPS) is 12.6. The van der Waals surface area contributed by atoms with Gasteiger partial charge < -0.3 is 10.1 Å². The van der Waals surface area contributed by atoms with Crippen LogP contribution in [0.3, 0.4) is 0 Å². The second kappa shape index (κ2) is 8.48. The van der Waals surface area contributed by atoms with Gasteiger partial charge in [-0.25, -0.2) is 4.79 Å².